The van der Waals surface area contributed by atoms with Crippen molar-refractivity contribution in [3.63, 3.8) is 0 Å². The Morgan fingerprint density at radius 2 is 1.88 bits per heavy atom. The van der Waals surface area contributed by atoms with Crippen LogP contribution in [0.4, 0.5) is 0 Å². The van der Waals surface area contributed by atoms with Gasteiger partial charge in [0.15, 0.2) is 5.16 Å². The van der Waals surface area contributed by atoms with E-state index in [1.54, 1.807) is 6.20 Å². The summed E-state index contributed by atoms with van der Waals surface area (Å²) in [6.45, 7) is 1.17. The van der Waals surface area contributed by atoms with Crippen molar-refractivity contribution in [1.82, 2.24) is 14.9 Å². The van der Waals surface area contributed by atoms with E-state index in [4.69, 9.17) is 11.6 Å². The minimum absolute atomic E-state index is 0.0128. The summed E-state index contributed by atoms with van der Waals surface area (Å²) in [5.41, 5.74) is 2.11. The fourth-order valence-corrected chi connectivity index (χ4v) is 3.33. The lowest BCUT2D eigenvalue weighted by Crippen LogP contribution is -2.24. The molecule has 0 spiro atoms. The number of carbonyl (C=O) groups excluding carboxylic acids is 1. The lowest BCUT2D eigenvalue weighted by molar-refractivity contribution is -0.118. The predicted octanol–water partition coefficient (Wildman–Crippen LogP) is 3.99. The number of amides is 1. The van der Waals surface area contributed by atoms with E-state index in [9.17, 15) is 4.79 Å². The van der Waals surface area contributed by atoms with Crippen LogP contribution in [0.1, 0.15) is 11.1 Å². The van der Waals surface area contributed by atoms with Gasteiger partial charge in [0, 0.05) is 24.0 Å². The van der Waals surface area contributed by atoms with E-state index in [-0.39, 0.29) is 5.91 Å². The highest BCUT2D eigenvalue weighted by Crippen LogP contribution is 2.20. The molecule has 128 valence electrons. The van der Waals surface area contributed by atoms with Crippen LogP contribution in [0.25, 0.3) is 0 Å². The molecular weight excluding hydrogens is 354 g/mol. The molecule has 1 aromatic heterocycles. The molecule has 4 nitrogen and oxygen atoms in total. The van der Waals surface area contributed by atoms with Gasteiger partial charge in [0.1, 0.15) is 0 Å². The zero-order valence-corrected chi connectivity index (χ0v) is 15.1. The SMILES string of the molecule is O=C(CSc1nccn1Cc1ccccc1Cl)NCc1ccccc1. The number of nitrogens with one attached hydrogen (secondary N) is 1. The molecule has 25 heavy (non-hydrogen) atoms. The van der Waals surface area contributed by atoms with Crippen LogP contribution in [0.3, 0.4) is 0 Å². The summed E-state index contributed by atoms with van der Waals surface area (Å²) in [7, 11) is 0. The second kappa shape index (κ2) is 8.74. The Bertz CT molecular complexity index is 835. The van der Waals surface area contributed by atoms with Crippen molar-refractivity contribution in [2.24, 2.45) is 0 Å². The first-order valence-electron chi connectivity index (χ1n) is 7.90. The monoisotopic (exact) mass is 371 g/mol. The summed E-state index contributed by atoms with van der Waals surface area (Å²) < 4.78 is 2.00. The average molecular weight is 372 g/mol. The number of aromatic nitrogens is 2. The number of halogens is 1. The number of thioether (sulfide) groups is 1. The number of nitrogens with zero attached hydrogens (tertiary/aromatic N) is 2. The van der Waals surface area contributed by atoms with Crippen LogP contribution in [0.2, 0.25) is 5.02 Å². The summed E-state index contributed by atoms with van der Waals surface area (Å²) in [6.07, 6.45) is 3.63. The van der Waals surface area contributed by atoms with Crippen LogP contribution >= 0.6 is 23.4 Å². The molecule has 1 heterocycles. The third-order valence-electron chi connectivity index (χ3n) is 3.64. The van der Waals surface area contributed by atoms with Crippen LogP contribution < -0.4 is 5.32 Å². The molecule has 0 fully saturated rings. The average Bonchev–Trinajstić information content (AvgIpc) is 3.08. The van der Waals surface area contributed by atoms with Gasteiger partial charge in [-0.3, -0.25) is 4.79 Å². The Hall–Kier alpha value is -2.24. The maximum atomic E-state index is 12.0. The molecule has 3 aromatic rings. The topological polar surface area (TPSA) is 46.9 Å². The van der Waals surface area contributed by atoms with Gasteiger partial charge in [-0.15, -0.1) is 0 Å². The Morgan fingerprint density at radius 1 is 1.12 bits per heavy atom. The van der Waals surface area contributed by atoms with Crippen molar-refractivity contribution in [3.05, 3.63) is 83.1 Å². The van der Waals surface area contributed by atoms with E-state index >= 15 is 0 Å². The van der Waals surface area contributed by atoms with Crippen molar-refractivity contribution in [2.45, 2.75) is 18.2 Å². The van der Waals surface area contributed by atoms with E-state index in [1.807, 2.05) is 65.4 Å². The summed E-state index contributed by atoms with van der Waals surface area (Å²) in [6, 6.07) is 17.6. The number of imidazole rings is 1. The first-order chi connectivity index (χ1) is 12.2. The third-order valence-corrected chi connectivity index (χ3v) is 5.01. The largest absolute Gasteiger partial charge is 0.351 e. The number of hydrogen-bond donors (Lipinski definition) is 1. The highest BCUT2D eigenvalue weighted by atomic mass is 35.5. The zero-order valence-electron chi connectivity index (χ0n) is 13.6. The number of rotatable bonds is 7. The van der Waals surface area contributed by atoms with Crippen molar-refractivity contribution in [1.29, 1.82) is 0 Å². The second-order valence-electron chi connectivity index (χ2n) is 5.48. The first-order valence-corrected chi connectivity index (χ1v) is 9.26. The Balaban J connectivity index is 1.53. The second-order valence-corrected chi connectivity index (χ2v) is 6.83. The normalized spacial score (nSPS) is 10.6. The van der Waals surface area contributed by atoms with Gasteiger partial charge in [0.25, 0.3) is 0 Å². The Labute approximate surface area is 156 Å². The molecule has 0 radical (unpaired) electrons. The fraction of sp³-hybridized carbons (Fsp3) is 0.158. The Kier molecular flexibility index (Phi) is 6.14. The zero-order chi connectivity index (χ0) is 17.5. The van der Waals surface area contributed by atoms with Gasteiger partial charge in [-0.25, -0.2) is 4.98 Å². The van der Waals surface area contributed by atoms with E-state index in [2.05, 4.69) is 10.3 Å². The smallest absolute Gasteiger partial charge is 0.230 e. The van der Waals surface area contributed by atoms with Crippen LogP contribution in [0.5, 0.6) is 0 Å². The minimum Gasteiger partial charge on any atom is -0.351 e. The van der Waals surface area contributed by atoms with Gasteiger partial charge in [0.05, 0.1) is 12.3 Å². The first kappa shape index (κ1) is 17.6. The van der Waals surface area contributed by atoms with Crippen LogP contribution in [0.15, 0.2) is 72.1 Å². The molecule has 0 atom stereocenters. The lowest BCUT2D eigenvalue weighted by atomic mass is 10.2. The van der Waals surface area contributed by atoms with Crippen molar-refractivity contribution in [2.75, 3.05) is 5.75 Å². The highest BCUT2D eigenvalue weighted by molar-refractivity contribution is 7.99. The molecule has 0 bridgehead atoms. The fourth-order valence-electron chi connectivity index (χ4n) is 2.34. The third kappa shape index (κ3) is 5.11. The standard InChI is InChI=1S/C19H18ClN3OS/c20-17-9-5-4-8-16(17)13-23-11-10-21-19(23)25-14-18(24)22-12-15-6-2-1-3-7-15/h1-11H,12-14H2,(H,22,24). The molecule has 3 rings (SSSR count). The molecule has 0 aliphatic heterocycles. The van der Waals surface area contributed by atoms with Crippen molar-refractivity contribution in [3.8, 4) is 0 Å². The van der Waals surface area contributed by atoms with Gasteiger partial charge in [0.2, 0.25) is 5.91 Å². The van der Waals surface area contributed by atoms with E-state index in [0.29, 0.717) is 18.8 Å². The van der Waals surface area contributed by atoms with Gasteiger partial charge >= 0.3 is 0 Å². The van der Waals surface area contributed by atoms with E-state index in [0.717, 1.165) is 21.3 Å². The quantitative estimate of drug-likeness (QED) is 0.639. The van der Waals surface area contributed by atoms with Gasteiger partial charge in [-0.1, -0.05) is 71.9 Å². The predicted molar refractivity (Wildman–Crippen MR) is 102 cm³/mol. The van der Waals surface area contributed by atoms with Crippen molar-refractivity contribution >= 4 is 29.3 Å². The molecule has 1 amide bonds. The molecule has 0 saturated carbocycles. The van der Waals surface area contributed by atoms with E-state index < -0.39 is 0 Å². The molecule has 0 saturated heterocycles. The lowest BCUT2D eigenvalue weighted by Gasteiger charge is -2.09. The molecule has 0 unspecified atom stereocenters. The van der Waals surface area contributed by atoms with Crippen LogP contribution in [-0.4, -0.2) is 21.2 Å². The number of hydrogen-bond acceptors (Lipinski definition) is 3. The number of benzene rings is 2. The summed E-state index contributed by atoms with van der Waals surface area (Å²) in [5.74, 6) is 0.313. The molecule has 0 aliphatic rings. The van der Waals surface area contributed by atoms with Crippen LogP contribution in [0, 0.1) is 0 Å². The maximum Gasteiger partial charge on any atom is 0.230 e. The maximum absolute atomic E-state index is 12.0. The van der Waals surface area contributed by atoms with Crippen LogP contribution in [-0.2, 0) is 17.9 Å². The molecular formula is C19H18ClN3OS. The molecule has 1 N–H and O–H groups in total. The molecule has 2 aromatic carbocycles. The molecule has 0 aliphatic carbocycles. The summed E-state index contributed by atoms with van der Waals surface area (Å²) in [5, 5.41) is 4.45. The highest BCUT2D eigenvalue weighted by Gasteiger charge is 2.09. The van der Waals surface area contributed by atoms with E-state index in [1.165, 1.54) is 11.8 Å². The van der Waals surface area contributed by atoms with Gasteiger partial charge in [-0.2, -0.15) is 0 Å². The number of carbonyl (C=O) groups is 1. The Morgan fingerprint density at radius 3 is 2.68 bits per heavy atom. The summed E-state index contributed by atoms with van der Waals surface area (Å²) in [4.78, 5) is 16.4. The molecule has 6 heteroatoms. The summed E-state index contributed by atoms with van der Waals surface area (Å²) >= 11 is 7.63. The van der Waals surface area contributed by atoms with Gasteiger partial charge < -0.3 is 9.88 Å². The van der Waals surface area contributed by atoms with Crippen molar-refractivity contribution < 1.29 is 4.79 Å². The van der Waals surface area contributed by atoms with Gasteiger partial charge in [-0.05, 0) is 17.2 Å². The minimum atomic E-state index is -0.0128.